The molecule has 0 aliphatic rings. The molecule has 0 aliphatic carbocycles. The third-order valence-electron chi connectivity index (χ3n) is 2.84. The summed E-state index contributed by atoms with van der Waals surface area (Å²) < 4.78 is 0.720. The molecular weight excluding hydrogens is 373 g/mol. The summed E-state index contributed by atoms with van der Waals surface area (Å²) in [6.45, 7) is 1.51. The Hall–Kier alpha value is -1.22. The number of carbonyl (C=O) groups excluding carboxylic acids is 1. The molecule has 0 heterocycles. The van der Waals surface area contributed by atoms with E-state index in [9.17, 15) is 14.9 Å². The molecule has 0 spiro atoms. The number of benzene rings is 1. The van der Waals surface area contributed by atoms with Crippen LogP contribution in [-0.4, -0.2) is 54.9 Å². The maximum absolute atomic E-state index is 12.3. The van der Waals surface area contributed by atoms with E-state index in [0.717, 1.165) is 16.5 Å². The van der Waals surface area contributed by atoms with Crippen molar-refractivity contribution in [2.24, 2.45) is 0 Å². The minimum absolute atomic E-state index is 0.0598. The largest absolute Gasteiger partial charge is 0.342 e. The van der Waals surface area contributed by atoms with E-state index in [1.165, 1.54) is 12.1 Å². The van der Waals surface area contributed by atoms with Crippen molar-refractivity contribution in [1.29, 1.82) is 0 Å². The van der Waals surface area contributed by atoms with Gasteiger partial charge in [0.2, 0.25) is 0 Å². The van der Waals surface area contributed by atoms with Gasteiger partial charge < -0.3 is 9.80 Å². The molecule has 0 bridgehead atoms. The second-order valence-electron chi connectivity index (χ2n) is 4.80. The highest BCUT2D eigenvalue weighted by Crippen LogP contribution is 2.20. The van der Waals surface area contributed by atoms with Crippen LogP contribution < -0.4 is 0 Å². The van der Waals surface area contributed by atoms with Crippen LogP contribution in [0.15, 0.2) is 18.2 Å². The summed E-state index contributed by atoms with van der Waals surface area (Å²) in [5.41, 5.74) is 0.322. The van der Waals surface area contributed by atoms with Gasteiger partial charge in [-0.25, -0.2) is 0 Å². The van der Waals surface area contributed by atoms with E-state index in [-0.39, 0.29) is 11.6 Å². The number of amides is 1. The molecule has 0 N–H and O–H groups in total. The molecule has 0 saturated carbocycles. The molecule has 0 radical (unpaired) electrons. The first-order valence-electron chi connectivity index (χ1n) is 6.17. The van der Waals surface area contributed by atoms with Crippen molar-refractivity contribution < 1.29 is 9.72 Å². The van der Waals surface area contributed by atoms with Crippen LogP contribution in [0, 0.1) is 13.7 Å². The minimum Gasteiger partial charge on any atom is -0.342 e. The summed E-state index contributed by atoms with van der Waals surface area (Å²) in [6.07, 6.45) is 0.862. The zero-order chi connectivity index (χ0) is 15.3. The number of nitrogens with zero attached hydrogens (tertiary/aromatic N) is 3. The van der Waals surface area contributed by atoms with Gasteiger partial charge in [-0.3, -0.25) is 14.9 Å². The third-order valence-corrected chi connectivity index (χ3v) is 3.78. The van der Waals surface area contributed by atoms with Gasteiger partial charge in [-0.2, -0.15) is 0 Å². The molecule has 0 fully saturated rings. The Morgan fingerprint density at radius 1 is 1.30 bits per heavy atom. The molecule has 0 atom stereocenters. The quantitative estimate of drug-likeness (QED) is 0.424. The van der Waals surface area contributed by atoms with Gasteiger partial charge in [-0.05, 0) is 55.7 Å². The fourth-order valence-electron chi connectivity index (χ4n) is 1.72. The molecule has 20 heavy (non-hydrogen) atoms. The fraction of sp³-hybridized carbons (Fsp3) is 0.462. The van der Waals surface area contributed by atoms with Gasteiger partial charge in [-0.1, -0.05) is 0 Å². The minimum atomic E-state index is -0.487. The summed E-state index contributed by atoms with van der Waals surface area (Å²) in [5, 5.41) is 10.8. The van der Waals surface area contributed by atoms with Crippen LogP contribution in [0.4, 0.5) is 5.69 Å². The monoisotopic (exact) mass is 391 g/mol. The van der Waals surface area contributed by atoms with E-state index >= 15 is 0 Å². The molecule has 1 rings (SSSR count). The van der Waals surface area contributed by atoms with Crippen LogP contribution in [0.1, 0.15) is 16.8 Å². The van der Waals surface area contributed by atoms with E-state index in [2.05, 4.69) is 4.90 Å². The highest BCUT2D eigenvalue weighted by Gasteiger charge is 2.18. The zero-order valence-corrected chi connectivity index (χ0v) is 14.0. The number of non-ortho nitro benzene ring substituents is 1. The molecule has 6 nitrogen and oxygen atoms in total. The van der Waals surface area contributed by atoms with Crippen LogP contribution >= 0.6 is 22.6 Å². The Bertz CT molecular complexity index is 506. The zero-order valence-electron chi connectivity index (χ0n) is 11.8. The van der Waals surface area contributed by atoms with Gasteiger partial charge in [0, 0.05) is 29.3 Å². The molecule has 0 saturated heterocycles. The van der Waals surface area contributed by atoms with E-state index in [4.69, 9.17) is 0 Å². The van der Waals surface area contributed by atoms with E-state index in [1.807, 2.05) is 36.7 Å². The van der Waals surface area contributed by atoms with E-state index < -0.39 is 4.92 Å². The van der Waals surface area contributed by atoms with Gasteiger partial charge in [0.05, 0.1) is 10.5 Å². The summed E-state index contributed by atoms with van der Waals surface area (Å²) >= 11 is 2.02. The molecule has 1 aromatic carbocycles. The number of nitro groups is 1. The van der Waals surface area contributed by atoms with Crippen LogP contribution in [0.3, 0.4) is 0 Å². The Morgan fingerprint density at radius 3 is 2.50 bits per heavy atom. The van der Waals surface area contributed by atoms with Crippen LogP contribution in [0.5, 0.6) is 0 Å². The number of hydrogen-bond donors (Lipinski definition) is 0. The van der Waals surface area contributed by atoms with Crippen molar-refractivity contribution in [3.63, 3.8) is 0 Å². The molecule has 110 valence electrons. The van der Waals surface area contributed by atoms with Crippen molar-refractivity contribution in [1.82, 2.24) is 9.80 Å². The van der Waals surface area contributed by atoms with Crippen molar-refractivity contribution in [3.8, 4) is 0 Å². The third kappa shape index (κ3) is 4.71. The second kappa shape index (κ2) is 7.53. The number of hydrogen-bond acceptors (Lipinski definition) is 4. The molecule has 0 aliphatic heterocycles. The number of halogens is 1. The standard InChI is InChI=1S/C13H18IN3O3/c1-15(2)7-4-8-16(3)13(18)11-9-10(17(19)20)5-6-12(11)14/h5-6,9H,4,7-8H2,1-3H3. The topological polar surface area (TPSA) is 66.7 Å². The predicted molar refractivity (Wildman–Crippen MR) is 85.9 cm³/mol. The lowest BCUT2D eigenvalue weighted by molar-refractivity contribution is -0.384. The average molecular weight is 391 g/mol. The summed E-state index contributed by atoms with van der Waals surface area (Å²) in [6, 6.07) is 4.34. The molecule has 1 amide bonds. The lowest BCUT2D eigenvalue weighted by Gasteiger charge is -2.19. The van der Waals surface area contributed by atoms with Crippen molar-refractivity contribution in [2.45, 2.75) is 6.42 Å². The van der Waals surface area contributed by atoms with Crippen LogP contribution in [-0.2, 0) is 0 Å². The Kier molecular flexibility index (Phi) is 6.34. The van der Waals surface area contributed by atoms with E-state index in [0.29, 0.717) is 12.1 Å². The maximum atomic E-state index is 12.3. The molecule has 1 aromatic rings. The summed E-state index contributed by atoms with van der Waals surface area (Å²) in [4.78, 5) is 26.2. The number of rotatable bonds is 6. The lowest BCUT2D eigenvalue weighted by atomic mass is 10.1. The van der Waals surface area contributed by atoms with Gasteiger partial charge in [-0.15, -0.1) is 0 Å². The average Bonchev–Trinajstić information content (AvgIpc) is 2.37. The first-order chi connectivity index (χ1) is 9.32. The second-order valence-corrected chi connectivity index (χ2v) is 5.97. The summed E-state index contributed by atoms with van der Waals surface area (Å²) in [7, 11) is 5.67. The van der Waals surface area contributed by atoms with Gasteiger partial charge in [0.25, 0.3) is 11.6 Å². The van der Waals surface area contributed by atoms with Gasteiger partial charge in [0.15, 0.2) is 0 Å². The molecular formula is C13H18IN3O3. The van der Waals surface area contributed by atoms with Crippen molar-refractivity contribution in [3.05, 3.63) is 37.4 Å². The molecule has 7 heteroatoms. The number of nitro benzene ring substituents is 1. The van der Waals surface area contributed by atoms with Crippen LogP contribution in [0.25, 0.3) is 0 Å². The smallest absolute Gasteiger partial charge is 0.270 e. The summed E-state index contributed by atoms with van der Waals surface area (Å²) in [5.74, 6) is -0.183. The Balaban J connectivity index is 2.80. The van der Waals surface area contributed by atoms with Gasteiger partial charge >= 0.3 is 0 Å². The van der Waals surface area contributed by atoms with E-state index in [1.54, 1.807) is 18.0 Å². The van der Waals surface area contributed by atoms with Crippen molar-refractivity contribution in [2.75, 3.05) is 34.2 Å². The SMILES string of the molecule is CN(C)CCCN(C)C(=O)c1cc([N+](=O)[O-])ccc1I. The highest BCUT2D eigenvalue weighted by molar-refractivity contribution is 14.1. The lowest BCUT2D eigenvalue weighted by Crippen LogP contribution is -2.30. The Morgan fingerprint density at radius 2 is 1.95 bits per heavy atom. The highest BCUT2D eigenvalue weighted by atomic mass is 127. The van der Waals surface area contributed by atoms with Crippen LogP contribution in [0.2, 0.25) is 0 Å². The predicted octanol–water partition coefficient (Wildman–Crippen LogP) is 2.22. The number of carbonyl (C=O) groups is 1. The normalized spacial score (nSPS) is 10.7. The first-order valence-corrected chi connectivity index (χ1v) is 7.25. The fourth-order valence-corrected chi connectivity index (χ4v) is 2.29. The van der Waals surface area contributed by atoms with Crippen molar-refractivity contribution >= 4 is 34.2 Å². The maximum Gasteiger partial charge on any atom is 0.270 e. The molecule has 0 unspecified atom stereocenters. The Labute approximate surface area is 132 Å². The first kappa shape index (κ1) is 16.8. The molecule has 0 aromatic heterocycles. The van der Waals surface area contributed by atoms with Gasteiger partial charge in [0.1, 0.15) is 0 Å².